The van der Waals surface area contributed by atoms with Crippen LogP contribution in [0.3, 0.4) is 0 Å². The van der Waals surface area contributed by atoms with E-state index in [4.69, 9.17) is 5.26 Å². The summed E-state index contributed by atoms with van der Waals surface area (Å²) >= 11 is 0. The quantitative estimate of drug-likeness (QED) is 0.871. The summed E-state index contributed by atoms with van der Waals surface area (Å²) in [6, 6.07) is 8.93. The first kappa shape index (κ1) is 14.7. The van der Waals surface area contributed by atoms with Gasteiger partial charge < -0.3 is 0 Å². The van der Waals surface area contributed by atoms with Gasteiger partial charge in [-0.2, -0.15) is 10.4 Å². The molecule has 0 spiro atoms. The molecule has 5 heteroatoms. The van der Waals surface area contributed by atoms with E-state index in [1.54, 1.807) is 12.3 Å². The third-order valence-electron chi connectivity index (χ3n) is 4.25. The zero-order chi connectivity index (χ0) is 15.4. The maximum Gasteiger partial charge on any atom is 0.127 e. The van der Waals surface area contributed by atoms with E-state index in [9.17, 15) is 4.39 Å². The smallest absolute Gasteiger partial charge is 0.127 e. The molecule has 1 aliphatic rings. The molecule has 0 bridgehead atoms. The van der Waals surface area contributed by atoms with Crippen molar-refractivity contribution >= 4 is 0 Å². The topological polar surface area (TPSA) is 44.9 Å². The van der Waals surface area contributed by atoms with Crippen LogP contribution in [0.1, 0.15) is 30.4 Å². The van der Waals surface area contributed by atoms with Crippen molar-refractivity contribution in [2.45, 2.75) is 38.4 Å². The standard InChI is InChI=1S/C17H19FN4/c18-17-6-5-14(11-19)10-15(17)12-21-8-2-1-4-16(21)13-22-9-3-7-20-22/h3,5-7,9-10,16H,1-2,4,8,12-13H2/t16-/m1/s1. The Morgan fingerprint density at radius 2 is 2.27 bits per heavy atom. The summed E-state index contributed by atoms with van der Waals surface area (Å²) < 4.78 is 15.9. The third-order valence-corrected chi connectivity index (χ3v) is 4.25. The molecule has 0 N–H and O–H groups in total. The first-order chi connectivity index (χ1) is 10.8. The largest absolute Gasteiger partial charge is 0.294 e. The lowest BCUT2D eigenvalue weighted by Gasteiger charge is -2.35. The number of halogens is 1. The van der Waals surface area contributed by atoms with Gasteiger partial charge in [0.15, 0.2) is 0 Å². The molecule has 3 rings (SSSR count). The summed E-state index contributed by atoms with van der Waals surface area (Å²) in [5.41, 5.74) is 1.11. The maximum absolute atomic E-state index is 14.0. The number of piperidine rings is 1. The lowest BCUT2D eigenvalue weighted by Crippen LogP contribution is -2.41. The molecule has 1 aliphatic heterocycles. The number of rotatable bonds is 4. The van der Waals surface area contributed by atoms with Crippen LogP contribution in [0, 0.1) is 17.1 Å². The van der Waals surface area contributed by atoms with E-state index in [1.807, 2.05) is 16.9 Å². The molecule has 1 aromatic heterocycles. The number of nitrogens with zero attached hydrogens (tertiary/aromatic N) is 4. The van der Waals surface area contributed by atoms with Gasteiger partial charge in [0.2, 0.25) is 0 Å². The molecule has 0 unspecified atom stereocenters. The summed E-state index contributed by atoms with van der Waals surface area (Å²) in [7, 11) is 0. The Kier molecular flexibility index (Phi) is 4.50. The van der Waals surface area contributed by atoms with Crippen LogP contribution in [0.5, 0.6) is 0 Å². The highest BCUT2D eigenvalue weighted by Crippen LogP contribution is 2.22. The monoisotopic (exact) mass is 298 g/mol. The number of aromatic nitrogens is 2. The van der Waals surface area contributed by atoms with E-state index in [-0.39, 0.29) is 5.82 Å². The molecular weight excluding hydrogens is 279 g/mol. The Hall–Kier alpha value is -2.19. The van der Waals surface area contributed by atoms with Crippen molar-refractivity contribution in [1.82, 2.24) is 14.7 Å². The predicted octanol–water partition coefficient (Wildman–Crippen LogP) is 2.95. The molecule has 0 aliphatic carbocycles. The van der Waals surface area contributed by atoms with Crippen molar-refractivity contribution in [2.75, 3.05) is 6.54 Å². The third kappa shape index (κ3) is 3.34. The fourth-order valence-corrected chi connectivity index (χ4v) is 3.08. The second-order valence-corrected chi connectivity index (χ2v) is 5.77. The van der Waals surface area contributed by atoms with Gasteiger partial charge in [0.25, 0.3) is 0 Å². The van der Waals surface area contributed by atoms with Crippen molar-refractivity contribution < 1.29 is 4.39 Å². The van der Waals surface area contributed by atoms with Gasteiger partial charge >= 0.3 is 0 Å². The second kappa shape index (κ2) is 6.71. The fourth-order valence-electron chi connectivity index (χ4n) is 3.08. The van der Waals surface area contributed by atoms with Gasteiger partial charge in [-0.1, -0.05) is 6.42 Å². The van der Waals surface area contributed by atoms with Crippen molar-refractivity contribution in [2.24, 2.45) is 0 Å². The number of likely N-dealkylation sites (tertiary alicyclic amines) is 1. The van der Waals surface area contributed by atoms with Gasteiger partial charge in [0.05, 0.1) is 18.2 Å². The molecule has 4 nitrogen and oxygen atoms in total. The summed E-state index contributed by atoms with van der Waals surface area (Å²) in [6.45, 7) is 2.34. The number of benzene rings is 1. The van der Waals surface area contributed by atoms with Crippen LogP contribution in [-0.2, 0) is 13.1 Å². The Morgan fingerprint density at radius 1 is 1.36 bits per heavy atom. The number of nitriles is 1. The van der Waals surface area contributed by atoms with Crippen LogP contribution in [-0.4, -0.2) is 27.3 Å². The average molecular weight is 298 g/mol. The minimum atomic E-state index is -0.234. The average Bonchev–Trinajstić information content (AvgIpc) is 3.04. The molecule has 114 valence electrons. The zero-order valence-electron chi connectivity index (χ0n) is 12.5. The lowest BCUT2D eigenvalue weighted by molar-refractivity contribution is 0.120. The van der Waals surface area contributed by atoms with E-state index in [0.29, 0.717) is 23.7 Å². The normalized spacial score (nSPS) is 19.0. The molecule has 1 fully saturated rings. The summed E-state index contributed by atoms with van der Waals surface area (Å²) in [6.07, 6.45) is 7.17. The van der Waals surface area contributed by atoms with E-state index in [2.05, 4.69) is 16.1 Å². The molecule has 0 amide bonds. The second-order valence-electron chi connectivity index (χ2n) is 5.77. The van der Waals surface area contributed by atoms with Crippen molar-refractivity contribution in [3.63, 3.8) is 0 Å². The summed E-state index contributed by atoms with van der Waals surface area (Å²) in [5, 5.41) is 13.3. The van der Waals surface area contributed by atoms with Gasteiger partial charge in [-0.05, 0) is 43.7 Å². The Balaban J connectivity index is 1.75. The first-order valence-electron chi connectivity index (χ1n) is 7.66. The van der Waals surface area contributed by atoms with E-state index in [1.165, 1.54) is 18.6 Å². The van der Waals surface area contributed by atoms with Crippen molar-refractivity contribution in [3.05, 3.63) is 53.6 Å². The molecule has 1 atom stereocenters. The summed E-state index contributed by atoms with van der Waals surface area (Å²) in [4.78, 5) is 2.31. The Labute approximate surface area is 129 Å². The van der Waals surface area contributed by atoms with Gasteiger partial charge in [-0.15, -0.1) is 0 Å². The Morgan fingerprint density at radius 3 is 3.05 bits per heavy atom. The molecule has 0 radical (unpaired) electrons. The molecule has 22 heavy (non-hydrogen) atoms. The highest BCUT2D eigenvalue weighted by molar-refractivity contribution is 5.33. The first-order valence-corrected chi connectivity index (χ1v) is 7.66. The van der Waals surface area contributed by atoms with Crippen LogP contribution in [0.4, 0.5) is 4.39 Å². The molecule has 1 aromatic carbocycles. The van der Waals surface area contributed by atoms with Gasteiger partial charge in [0.1, 0.15) is 5.82 Å². The highest BCUT2D eigenvalue weighted by atomic mass is 19.1. The lowest BCUT2D eigenvalue weighted by atomic mass is 10.0. The Bertz CT molecular complexity index is 660. The zero-order valence-corrected chi connectivity index (χ0v) is 12.5. The van der Waals surface area contributed by atoms with E-state index < -0.39 is 0 Å². The number of hydrogen-bond donors (Lipinski definition) is 0. The van der Waals surface area contributed by atoms with Crippen LogP contribution in [0.15, 0.2) is 36.7 Å². The predicted molar refractivity (Wildman–Crippen MR) is 81.4 cm³/mol. The van der Waals surface area contributed by atoms with Crippen LogP contribution in [0.25, 0.3) is 0 Å². The van der Waals surface area contributed by atoms with Crippen LogP contribution >= 0.6 is 0 Å². The molecule has 1 saturated heterocycles. The van der Waals surface area contributed by atoms with Crippen molar-refractivity contribution in [1.29, 1.82) is 5.26 Å². The number of hydrogen-bond acceptors (Lipinski definition) is 3. The molecule has 2 heterocycles. The van der Waals surface area contributed by atoms with Crippen molar-refractivity contribution in [3.8, 4) is 6.07 Å². The summed E-state index contributed by atoms with van der Waals surface area (Å²) in [5.74, 6) is -0.234. The van der Waals surface area contributed by atoms with E-state index >= 15 is 0 Å². The molecular formula is C17H19FN4. The van der Waals surface area contributed by atoms with Crippen LogP contribution in [0.2, 0.25) is 0 Å². The fraction of sp³-hybridized carbons (Fsp3) is 0.412. The highest BCUT2D eigenvalue weighted by Gasteiger charge is 2.24. The minimum absolute atomic E-state index is 0.234. The van der Waals surface area contributed by atoms with E-state index in [0.717, 1.165) is 25.9 Å². The molecule has 2 aromatic rings. The maximum atomic E-state index is 14.0. The van der Waals surface area contributed by atoms with Gasteiger partial charge in [-0.3, -0.25) is 9.58 Å². The van der Waals surface area contributed by atoms with Gasteiger partial charge in [-0.25, -0.2) is 4.39 Å². The molecule has 0 saturated carbocycles. The SMILES string of the molecule is N#Cc1ccc(F)c(CN2CCCC[C@@H]2Cn2cccn2)c1. The van der Waals surface area contributed by atoms with Crippen LogP contribution < -0.4 is 0 Å². The minimum Gasteiger partial charge on any atom is -0.294 e. The van der Waals surface area contributed by atoms with Gasteiger partial charge in [0, 0.05) is 30.5 Å².